The maximum atomic E-state index is 5.45. The predicted octanol–water partition coefficient (Wildman–Crippen LogP) is 1.64. The van der Waals surface area contributed by atoms with Crippen molar-refractivity contribution in [2.75, 3.05) is 19.1 Å². The highest BCUT2D eigenvalue weighted by atomic mass is 35.5. The maximum Gasteiger partial charge on any atom is 0.272 e. The van der Waals surface area contributed by atoms with Crippen LogP contribution in [-0.4, -0.2) is 25.2 Å². The highest BCUT2D eigenvalue weighted by molar-refractivity contribution is 6.19. The molecule has 1 unspecified atom stereocenters. The second-order valence-corrected chi connectivity index (χ2v) is 2.67. The van der Waals surface area contributed by atoms with E-state index in [0.717, 1.165) is 0 Å². The van der Waals surface area contributed by atoms with E-state index in [1.54, 1.807) is 0 Å². The van der Waals surface area contributed by atoms with E-state index >= 15 is 0 Å². The number of ether oxygens (including phenoxy) is 3. The van der Waals surface area contributed by atoms with Crippen LogP contribution in [0.15, 0.2) is 24.9 Å². The average Bonchev–Trinajstić information content (AvgIpc) is 2.47. The van der Waals surface area contributed by atoms with E-state index in [1.807, 2.05) is 0 Å². The normalized spacial score (nSPS) is 21.4. The SMILES string of the molecule is C=C(CCl)OCC1COC(=C)O1. The highest BCUT2D eigenvalue weighted by Crippen LogP contribution is 2.13. The molecule has 0 spiro atoms. The van der Waals surface area contributed by atoms with Gasteiger partial charge in [-0.25, -0.2) is 0 Å². The van der Waals surface area contributed by atoms with Gasteiger partial charge in [-0.1, -0.05) is 6.58 Å². The number of halogens is 1. The molecule has 4 heteroatoms. The Morgan fingerprint density at radius 1 is 1.75 bits per heavy atom. The molecule has 0 saturated carbocycles. The van der Waals surface area contributed by atoms with Gasteiger partial charge in [0.05, 0.1) is 5.88 Å². The first-order valence-corrected chi connectivity index (χ1v) is 4.10. The van der Waals surface area contributed by atoms with Crippen molar-refractivity contribution < 1.29 is 14.2 Å². The molecule has 1 atom stereocenters. The average molecular weight is 191 g/mol. The van der Waals surface area contributed by atoms with E-state index in [1.165, 1.54) is 0 Å². The van der Waals surface area contributed by atoms with Crippen LogP contribution in [0.25, 0.3) is 0 Å². The van der Waals surface area contributed by atoms with Crippen molar-refractivity contribution in [2.45, 2.75) is 6.10 Å². The summed E-state index contributed by atoms with van der Waals surface area (Å²) in [5.41, 5.74) is 0. The Bertz CT molecular complexity index is 191. The van der Waals surface area contributed by atoms with Crippen LogP contribution in [0.4, 0.5) is 0 Å². The van der Waals surface area contributed by atoms with Gasteiger partial charge in [0, 0.05) is 0 Å². The minimum Gasteiger partial charge on any atom is -0.493 e. The van der Waals surface area contributed by atoms with Gasteiger partial charge in [-0.3, -0.25) is 0 Å². The molecule has 1 heterocycles. The number of rotatable bonds is 4. The van der Waals surface area contributed by atoms with Crippen molar-refractivity contribution >= 4 is 11.6 Å². The molecule has 0 radical (unpaired) electrons. The summed E-state index contributed by atoms with van der Waals surface area (Å²) in [7, 11) is 0. The van der Waals surface area contributed by atoms with Gasteiger partial charge in [0.15, 0.2) is 6.10 Å². The molecule has 3 nitrogen and oxygen atoms in total. The van der Waals surface area contributed by atoms with Gasteiger partial charge in [0.25, 0.3) is 5.95 Å². The van der Waals surface area contributed by atoms with Crippen molar-refractivity contribution in [3.8, 4) is 0 Å². The topological polar surface area (TPSA) is 27.7 Å². The predicted molar refractivity (Wildman–Crippen MR) is 45.8 cm³/mol. The zero-order chi connectivity index (χ0) is 8.97. The van der Waals surface area contributed by atoms with E-state index in [4.69, 9.17) is 25.8 Å². The Morgan fingerprint density at radius 2 is 2.50 bits per heavy atom. The standard InChI is InChI=1S/C8H11ClO3/c1-6(3-9)10-4-8-5-11-7(2)12-8/h8H,1-5H2. The highest BCUT2D eigenvalue weighted by Gasteiger charge is 2.20. The van der Waals surface area contributed by atoms with Crippen molar-refractivity contribution in [1.82, 2.24) is 0 Å². The van der Waals surface area contributed by atoms with E-state index < -0.39 is 0 Å². The van der Waals surface area contributed by atoms with Gasteiger partial charge < -0.3 is 14.2 Å². The van der Waals surface area contributed by atoms with Crippen LogP contribution in [0.2, 0.25) is 0 Å². The zero-order valence-corrected chi connectivity index (χ0v) is 7.47. The number of allylic oxidation sites excluding steroid dienone is 1. The molecule has 0 aromatic rings. The first-order valence-electron chi connectivity index (χ1n) is 3.57. The molecular weight excluding hydrogens is 180 g/mol. The van der Waals surface area contributed by atoms with E-state index in [0.29, 0.717) is 30.8 Å². The minimum atomic E-state index is -0.0857. The number of hydrogen-bond acceptors (Lipinski definition) is 3. The molecule has 68 valence electrons. The monoisotopic (exact) mass is 190 g/mol. The molecule has 0 aromatic heterocycles. The molecule has 1 aliphatic heterocycles. The second-order valence-electron chi connectivity index (χ2n) is 2.41. The van der Waals surface area contributed by atoms with E-state index in [2.05, 4.69) is 13.2 Å². The van der Waals surface area contributed by atoms with Gasteiger partial charge in [0.2, 0.25) is 0 Å². The van der Waals surface area contributed by atoms with E-state index in [-0.39, 0.29) is 6.10 Å². The summed E-state index contributed by atoms with van der Waals surface area (Å²) in [6.45, 7) is 7.97. The van der Waals surface area contributed by atoms with Gasteiger partial charge in [-0.05, 0) is 6.58 Å². The summed E-state index contributed by atoms with van der Waals surface area (Å²) in [5, 5.41) is 0. The van der Waals surface area contributed by atoms with Crippen molar-refractivity contribution in [3.05, 3.63) is 24.9 Å². The Kier molecular flexibility index (Phi) is 3.29. The van der Waals surface area contributed by atoms with Crippen LogP contribution in [0, 0.1) is 0 Å². The number of hydrogen-bond donors (Lipinski definition) is 0. The molecule has 12 heavy (non-hydrogen) atoms. The molecule has 1 saturated heterocycles. The summed E-state index contributed by atoms with van der Waals surface area (Å²) in [4.78, 5) is 0. The smallest absolute Gasteiger partial charge is 0.272 e. The molecular formula is C8H11ClO3. The van der Waals surface area contributed by atoms with Crippen molar-refractivity contribution in [2.24, 2.45) is 0 Å². The molecule has 1 aliphatic rings. The lowest BCUT2D eigenvalue weighted by atomic mass is 10.4. The van der Waals surface area contributed by atoms with Crippen LogP contribution < -0.4 is 0 Å². The molecule has 1 fully saturated rings. The lowest BCUT2D eigenvalue weighted by molar-refractivity contribution is 0.0754. The molecule has 1 rings (SSSR count). The van der Waals surface area contributed by atoms with Gasteiger partial charge in [-0.2, -0.15) is 0 Å². The van der Waals surface area contributed by atoms with Gasteiger partial charge >= 0.3 is 0 Å². The summed E-state index contributed by atoms with van der Waals surface area (Å²) in [5.74, 6) is 1.19. The summed E-state index contributed by atoms with van der Waals surface area (Å²) in [6, 6.07) is 0. The molecule has 0 aromatic carbocycles. The molecule has 0 aliphatic carbocycles. The lowest BCUT2D eigenvalue weighted by Crippen LogP contribution is -2.17. The first kappa shape index (κ1) is 9.26. The maximum absolute atomic E-state index is 5.45. The Morgan fingerprint density at radius 3 is 3.00 bits per heavy atom. The number of alkyl halides is 1. The fourth-order valence-electron chi connectivity index (χ4n) is 0.771. The fraction of sp³-hybridized carbons (Fsp3) is 0.500. The third kappa shape index (κ3) is 2.66. The molecule has 0 amide bonds. The third-order valence-electron chi connectivity index (χ3n) is 1.35. The molecule has 0 N–H and O–H groups in total. The van der Waals surface area contributed by atoms with Crippen LogP contribution in [0.3, 0.4) is 0 Å². The molecule has 0 bridgehead atoms. The Balaban J connectivity index is 2.16. The van der Waals surface area contributed by atoms with Crippen LogP contribution in [0.5, 0.6) is 0 Å². The van der Waals surface area contributed by atoms with Gasteiger partial charge in [-0.15, -0.1) is 11.6 Å². The first-order chi connectivity index (χ1) is 5.72. The Hall–Kier alpha value is -0.830. The summed E-state index contributed by atoms with van der Waals surface area (Å²) in [6.07, 6.45) is -0.0857. The lowest BCUT2D eigenvalue weighted by Gasteiger charge is -2.09. The van der Waals surface area contributed by atoms with Crippen LogP contribution >= 0.6 is 11.6 Å². The van der Waals surface area contributed by atoms with E-state index in [9.17, 15) is 0 Å². The largest absolute Gasteiger partial charge is 0.493 e. The van der Waals surface area contributed by atoms with Gasteiger partial charge in [0.1, 0.15) is 19.0 Å². The summed E-state index contributed by atoms with van der Waals surface area (Å²) >= 11 is 5.45. The summed E-state index contributed by atoms with van der Waals surface area (Å²) < 4.78 is 15.3. The fourth-order valence-corrected chi connectivity index (χ4v) is 0.848. The second kappa shape index (κ2) is 4.26. The minimum absolute atomic E-state index is 0.0857. The van der Waals surface area contributed by atoms with Crippen molar-refractivity contribution in [1.29, 1.82) is 0 Å². The van der Waals surface area contributed by atoms with Crippen LogP contribution in [-0.2, 0) is 14.2 Å². The Labute approximate surface area is 76.6 Å². The third-order valence-corrected chi connectivity index (χ3v) is 1.65. The quantitative estimate of drug-likeness (QED) is 0.498. The van der Waals surface area contributed by atoms with Crippen LogP contribution in [0.1, 0.15) is 0 Å². The zero-order valence-electron chi connectivity index (χ0n) is 6.72. The van der Waals surface area contributed by atoms with Crippen molar-refractivity contribution in [3.63, 3.8) is 0 Å².